The molecule has 0 spiro atoms. The van der Waals surface area contributed by atoms with Crippen LogP contribution < -0.4 is 45.1 Å². The summed E-state index contributed by atoms with van der Waals surface area (Å²) in [7, 11) is 2.92. The normalized spacial score (nSPS) is 18.5. The van der Waals surface area contributed by atoms with Gasteiger partial charge in [0.25, 0.3) is 11.8 Å². The molecule has 1 saturated carbocycles. The molecule has 1 fully saturated rings. The number of hydrogen-bond acceptors (Lipinski definition) is 18. The van der Waals surface area contributed by atoms with E-state index in [0.717, 1.165) is 28.9 Å². The van der Waals surface area contributed by atoms with Crippen LogP contribution in [-0.4, -0.2) is 180 Å². The summed E-state index contributed by atoms with van der Waals surface area (Å²) in [6.07, 6.45) is 23.3. The molecule has 0 saturated heterocycles. The second kappa shape index (κ2) is 39.2. The maximum atomic E-state index is 14.4. The Balaban J connectivity index is 0.747. The number of carbonyl (C=O) groups excluding carboxylic acids is 7. The Kier molecular flexibility index (Phi) is 30.2. The molecular formula is C74H100N8O17. The first-order valence-electron chi connectivity index (χ1n) is 34.8. The minimum absolute atomic E-state index is 0.000222. The van der Waals surface area contributed by atoms with Crippen molar-refractivity contribution in [3.63, 3.8) is 0 Å². The van der Waals surface area contributed by atoms with Crippen molar-refractivity contribution in [3.8, 4) is 23.0 Å². The van der Waals surface area contributed by atoms with Gasteiger partial charge in [-0.15, -0.1) is 0 Å². The average molecular weight is 1370 g/mol. The van der Waals surface area contributed by atoms with Gasteiger partial charge in [-0.05, 0) is 99.3 Å². The Morgan fingerprint density at radius 2 is 1.22 bits per heavy atom. The molecule has 5 N–H and O–H groups in total. The zero-order valence-electron chi connectivity index (χ0n) is 58.4. The number of nitrogens with zero attached hydrogens (tertiary/aromatic N) is 4. The van der Waals surface area contributed by atoms with Gasteiger partial charge < -0.3 is 78.8 Å². The number of aliphatic hydroxyl groups excluding tert-OH is 1. The predicted molar refractivity (Wildman–Crippen MR) is 373 cm³/mol. The lowest BCUT2D eigenvalue weighted by molar-refractivity contribution is -0.132. The highest BCUT2D eigenvalue weighted by Gasteiger charge is 2.46. The van der Waals surface area contributed by atoms with E-state index < -0.39 is 54.1 Å². The molecule has 99 heavy (non-hydrogen) atoms. The molecular weight excluding hydrogens is 1270 g/mol. The van der Waals surface area contributed by atoms with E-state index in [2.05, 4.69) is 26.3 Å². The van der Waals surface area contributed by atoms with Crippen LogP contribution in [0.5, 0.6) is 23.0 Å². The molecule has 5 atom stereocenters. The van der Waals surface area contributed by atoms with Crippen molar-refractivity contribution in [2.24, 2.45) is 16.8 Å². The third kappa shape index (κ3) is 22.2. The van der Waals surface area contributed by atoms with Gasteiger partial charge in [-0.25, -0.2) is 9.69 Å². The Morgan fingerprint density at radius 1 is 0.646 bits per heavy atom. The van der Waals surface area contributed by atoms with Gasteiger partial charge >= 0.3 is 6.09 Å². The van der Waals surface area contributed by atoms with Crippen LogP contribution in [0.2, 0.25) is 0 Å². The highest BCUT2D eigenvalue weighted by atomic mass is 16.6. The summed E-state index contributed by atoms with van der Waals surface area (Å²) < 4.78 is 52.0. The summed E-state index contributed by atoms with van der Waals surface area (Å²) in [5.74, 6) is -0.773. The van der Waals surface area contributed by atoms with E-state index in [-0.39, 0.29) is 92.4 Å². The first-order chi connectivity index (χ1) is 48.0. The first-order valence-corrected chi connectivity index (χ1v) is 34.8. The summed E-state index contributed by atoms with van der Waals surface area (Å²) in [5.41, 5.74) is 3.61. The molecule has 0 radical (unpaired) electrons. The molecule has 0 unspecified atom stereocenters. The molecule has 0 bridgehead atoms. The highest BCUT2D eigenvalue weighted by molar-refractivity contribution is 6.07. The van der Waals surface area contributed by atoms with Crippen molar-refractivity contribution in [2.75, 3.05) is 97.0 Å². The summed E-state index contributed by atoms with van der Waals surface area (Å²) in [5, 5.41) is 23.3. The molecule has 4 heterocycles. The maximum absolute atomic E-state index is 14.4. The Hall–Kier alpha value is -8.62. The second-order valence-electron chi connectivity index (χ2n) is 25.5. The number of amides is 7. The standard InChI is InChI=1S/C74H100N8O17/c1-8-18-53-38-56-45-76-59-43-64(62(91-6)41-57(59)71(87)80(56)46-53)97-28-17-29-98-65-44-60-58(42-63(65)92-7)72(88)81-47-54(19-9-2)39-61(81)73(89)82(60)74(90)99-48-52-22-24-55(25-23-52)78-69(85)50(5)77-70(86)68(49(3)4)79-66(83)26-30-93-32-34-95-36-37-96-35-33-94-31-27-75-67(84)40-51-20-15-13-11-10-12-14-16-21-51/h8-9,18-19,22-25,41-47,49-51,56,61,68,73,89H,10-17,20-21,26-40,48H2,1-7H3,(H,75,84)(H,77,86)(H,78,85)(H,79,83)/b18-8+,19-9+/t50-,56-,61-,68-,73-/m0/s1. The Bertz CT molecular complexity index is 3380. The number of aliphatic imine (C=N–C) groups is 1. The van der Waals surface area contributed by atoms with Crippen molar-refractivity contribution in [2.45, 2.75) is 162 Å². The monoisotopic (exact) mass is 1370 g/mol. The number of nitrogens with one attached hydrogen (secondary N) is 4. The lowest BCUT2D eigenvalue weighted by atomic mass is 9.90. The molecule has 25 nitrogen and oxygen atoms in total. The number of rotatable bonds is 35. The van der Waals surface area contributed by atoms with Crippen molar-refractivity contribution in [1.82, 2.24) is 25.8 Å². The third-order valence-electron chi connectivity index (χ3n) is 17.7. The fraction of sp³-hybridized carbons (Fsp3) is 0.541. The number of benzene rings is 3. The maximum Gasteiger partial charge on any atom is 0.416 e. The predicted octanol–water partition coefficient (Wildman–Crippen LogP) is 9.78. The highest BCUT2D eigenvalue weighted by Crippen LogP contribution is 2.43. The first kappa shape index (κ1) is 76.1. The molecule has 25 heteroatoms. The van der Waals surface area contributed by atoms with Gasteiger partial charge in [-0.2, -0.15) is 0 Å². The van der Waals surface area contributed by atoms with Crippen LogP contribution >= 0.6 is 0 Å². The number of ether oxygens (including phenoxy) is 9. The molecule has 0 aromatic heterocycles. The number of allylic oxidation sites excluding steroid dienone is 4. The second-order valence-corrected chi connectivity index (χ2v) is 25.5. The van der Waals surface area contributed by atoms with Crippen molar-refractivity contribution < 1.29 is 81.3 Å². The van der Waals surface area contributed by atoms with Crippen molar-refractivity contribution in [3.05, 3.63) is 113 Å². The number of hydrogen-bond donors (Lipinski definition) is 5. The van der Waals surface area contributed by atoms with E-state index in [0.29, 0.717) is 105 Å². The molecule has 4 aliphatic heterocycles. The van der Waals surface area contributed by atoms with E-state index in [1.54, 1.807) is 67.6 Å². The smallest absolute Gasteiger partial charge is 0.416 e. The molecule has 3 aromatic carbocycles. The van der Waals surface area contributed by atoms with Crippen LogP contribution in [0.25, 0.3) is 0 Å². The molecule has 7 amide bonds. The van der Waals surface area contributed by atoms with E-state index in [1.807, 2.05) is 44.4 Å². The SMILES string of the molecule is C/C=C/C1=CN2C(=O)c3cc(OC)c(OCCCOc4cc5c(cc4OC)C(=O)N4C=C(/C=C/C)C[C@H]4[C@H](O)N5C(=O)OCc4ccc(NC(=O)[C@H](C)NC(=O)[C@@H](NC(=O)CCOCCOCCOCCOCCNC(=O)CC5CCCCCCCCC5)C(C)C)cc4)cc3N=C[C@@H]2C1. The number of carbonyl (C=O) groups is 7. The topological polar surface area (TPSA) is 293 Å². The van der Waals surface area contributed by atoms with Gasteiger partial charge in [-0.3, -0.25) is 33.8 Å². The van der Waals surface area contributed by atoms with Gasteiger partial charge in [0.15, 0.2) is 29.2 Å². The lowest BCUT2D eigenvalue weighted by Gasteiger charge is -2.31. The molecule has 538 valence electrons. The quantitative estimate of drug-likeness (QED) is 0.0342. The van der Waals surface area contributed by atoms with Crippen molar-refractivity contribution >= 4 is 64.8 Å². The fourth-order valence-electron chi connectivity index (χ4n) is 12.4. The van der Waals surface area contributed by atoms with Crippen LogP contribution in [0.4, 0.5) is 21.9 Å². The minimum atomic E-state index is -1.57. The Morgan fingerprint density at radius 3 is 1.85 bits per heavy atom. The van der Waals surface area contributed by atoms with Crippen LogP contribution in [0, 0.1) is 11.8 Å². The van der Waals surface area contributed by atoms with Gasteiger partial charge in [0.05, 0.1) is 115 Å². The molecule has 1 aliphatic carbocycles. The van der Waals surface area contributed by atoms with Crippen LogP contribution in [0.15, 0.2) is 101 Å². The fourth-order valence-corrected chi connectivity index (χ4v) is 12.4. The molecule has 3 aromatic rings. The summed E-state index contributed by atoms with van der Waals surface area (Å²) in [4.78, 5) is 104. The zero-order valence-corrected chi connectivity index (χ0v) is 58.4. The number of methoxy groups -OCH3 is 2. The van der Waals surface area contributed by atoms with E-state index >= 15 is 0 Å². The van der Waals surface area contributed by atoms with Crippen LogP contribution in [0.1, 0.15) is 151 Å². The zero-order chi connectivity index (χ0) is 70.6. The summed E-state index contributed by atoms with van der Waals surface area (Å²) >= 11 is 0. The van der Waals surface area contributed by atoms with Gasteiger partial charge in [0, 0.05) is 62.2 Å². The van der Waals surface area contributed by atoms with Gasteiger partial charge in [-0.1, -0.05) is 95.2 Å². The molecule has 8 rings (SSSR count). The van der Waals surface area contributed by atoms with E-state index in [1.165, 1.54) is 83.1 Å². The lowest BCUT2D eigenvalue weighted by Crippen LogP contribution is -2.53. The number of fused-ring (bicyclic) bond motifs is 4. The van der Waals surface area contributed by atoms with E-state index in [9.17, 15) is 38.7 Å². The Labute approximate surface area is 581 Å². The van der Waals surface area contributed by atoms with Gasteiger partial charge in [0.2, 0.25) is 23.6 Å². The number of anilines is 2. The summed E-state index contributed by atoms with van der Waals surface area (Å²) in [6, 6.07) is 9.69. The van der Waals surface area contributed by atoms with Crippen LogP contribution in [-0.2, 0) is 49.5 Å². The third-order valence-corrected chi connectivity index (χ3v) is 17.7. The minimum Gasteiger partial charge on any atom is -0.493 e. The van der Waals surface area contributed by atoms with Crippen LogP contribution in [0.3, 0.4) is 0 Å². The average Bonchev–Trinajstić information content (AvgIpc) is 1.63. The molecule has 5 aliphatic rings. The number of aliphatic hydroxyl groups is 1. The van der Waals surface area contributed by atoms with Crippen molar-refractivity contribution in [1.29, 1.82) is 0 Å². The summed E-state index contributed by atoms with van der Waals surface area (Å²) in [6.45, 7) is 11.9. The van der Waals surface area contributed by atoms with E-state index in [4.69, 9.17) is 42.6 Å². The van der Waals surface area contributed by atoms with Gasteiger partial charge in [0.1, 0.15) is 18.7 Å². The largest absolute Gasteiger partial charge is 0.493 e.